The molecule has 6 heteroatoms. The first kappa shape index (κ1) is 16.6. The predicted molar refractivity (Wildman–Crippen MR) is 85.2 cm³/mol. The van der Waals surface area contributed by atoms with Crippen molar-refractivity contribution in [1.82, 2.24) is 0 Å². The van der Waals surface area contributed by atoms with Gasteiger partial charge in [-0.15, -0.1) is 4.99 Å². The van der Waals surface area contributed by atoms with Gasteiger partial charge in [-0.2, -0.15) is 5.26 Å². The normalized spacial score (nSPS) is 12.1. The maximum Gasteiger partial charge on any atom is 0.212 e. The highest BCUT2D eigenvalue weighted by Gasteiger charge is 2.29. The fraction of sp³-hybridized carbons (Fsp3) is 0.429. The minimum absolute atomic E-state index is 0.129. The van der Waals surface area contributed by atoms with Crippen molar-refractivity contribution in [1.29, 1.82) is 5.26 Å². The summed E-state index contributed by atoms with van der Waals surface area (Å²) in [7, 11) is 0. The lowest BCUT2D eigenvalue weighted by Crippen LogP contribution is -2.51. The van der Waals surface area contributed by atoms with Crippen LogP contribution in [-0.2, 0) is 0 Å². The number of anilines is 1. The summed E-state index contributed by atoms with van der Waals surface area (Å²) in [6.07, 6.45) is 3.56. The van der Waals surface area contributed by atoms with Gasteiger partial charge in [0.15, 0.2) is 0 Å². The molecule has 0 aromatic heterocycles. The highest BCUT2D eigenvalue weighted by Crippen LogP contribution is 2.32. The first-order valence-electron chi connectivity index (χ1n) is 6.30. The molecule has 0 bridgehead atoms. The standard InChI is InChI=1S/C14H18Cl2N4/c1-4-5-14(2,3)20(13(18)19-9-17)12-7-10(15)6-11(16)8-12/h6-8H,4-5H2,1-3H3,(H2,18,19). The summed E-state index contributed by atoms with van der Waals surface area (Å²) in [4.78, 5) is 5.44. The van der Waals surface area contributed by atoms with Gasteiger partial charge >= 0.3 is 0 Å². The van der Waals surface area contributed by atoms with Gasteiger partial charge in [0.1, 0.15) is 0 Å². The van der Waals surface area contributed by atoms with Gasteiger partial charge in [-0.05, 0) is 38.5 Å². The first-order valence-corrected chi connectivity index (χ1v) is 7.06. The van der Waals surface area contributed by atoms with Gasteiger partial charge in [0.25, 0.3) is 0 Å². The molecule has 0 heterocycles. The van der Waals surface area contributed by atoms with Crippen LogP contribution in [0.4, 0.5) is 5.69 Å². The molecular weight excluding hydrogens is 295 g/mol. The van der Waals surface area contributed by atoms with Crippen LogP contribution in [0.1, 0.15) is 33.6 Å². The summed E-state index contributed by atoms with van der Waals surface area (Å²) in [6.45, 7) is 6.15. The minimum Gasteiger partial charge on any atom is -0.369 e. The molecular formula is C14H18Cl2N4. The second-order valence-corrected chi connectivity index (χ2v) is 5.97. The summed E-state index contributed by atoms with van der Waals surface area (Å²) in [5.41, 5.74) is 6.35. The van der Waals surface area contributed by atoms with E-state index in [4.69, 9.17) is 34.2 Å². The maximum atomic E-state index is 8.74. The van der Waals surface area contributed by atoms with E-state index in [1.54, 1.807) is 29.3 Å². The molecule has 0 atom stereocenters. The van der Waals surface area contributed by atoms with E-state index in [-0.39, 0.29) is 11.5 Å². The number of rotatable bonds is 4. The highest BCUT2D eigenvalue weighted by atomic mass is 35.5. The number of hydrogen-bond acceptors (Lipinski definition) is 2. The number of hydrogen-bond donors (Lipinski definition) is 1. The van der Waals surface area contributed by atoms with Crippen LogP contribution in [0.15, 0.2) is 23.2 Å². The summed E-state index contributed by atoms with van der Waals surface area (Å²) in [5.74, 6) is 0.129. The molecule has 4 nitrogen and oxygen atoms in total. The SMILES string of the molecule is CCCC(C)(C)N(C(N)=NC#N)c1cc(Cl)cc(Cl)c1. The Morgan fingerprint density at radius 2 is 1.90 bits per heavy atom. The van der Waals surface area contributed by atoms with Crippen LogP contribution < -0.4 is 10.6 Å². The molecule has 0 radical (unpaired) electrons. The van der Waals surface area contributed by atoms with Gasteiger partial charge in [-0.1, -0.05) is 36.5 Å². The van der Waals surface area contributed by atoms with E-state index in [0.29, 0.717) is 10.0 Å². The second-order valence-electron chi connectivity index (χ2n) is 5.10. The Kier molecular flexibility index (Phi) is 5.67. The van der Waals surface area contributed by atoms with Crippen molar-refractivity contribution < 1.29 is 0 Å². The van der Waals surface area contributed by atoms with E-state index in [9.17, 15) is 0 Å². The molecule has 0 amide bonds. The van der Waals surface area contributed by atoms with Gasteiger partial charge in [-0.25, -0.2) is 0 Å². The number of nitrogens with two attached hydrogens (primary N) is 1. The number of guanidine groups is 1. The Hall–Kier alpha value is -1.44. The lowest BCUT2D eigenvalue weighted by molar-refractivity contribution is 0.466. The van der Waals surface area contributed by atoms with Gasteiger partial charge in [0.2, 0.25) is 12.2 Å². The molecule has 0 aliphatic rings. The molecule has 0 saturated heterocycles. The Bertz CT molecular complexity index is 526. The fourth-order valence-corrected chi connectivity index (χ4v) is 2.80. The van der Waals surface area contributed by atoms with E-state index in [1.165, 1.54) is 0 Å². The van der Waals surface area contributed by atoms with E-state index >= 15 is 0 Å². The van der Waals surface area contributed by atoms with Crippen LogP contribution in [0.25, 0.3) is 0 Å². The highest BCUT2D eigenvalue weighted by molar-refractivity contribution is 6.35. The lowest BCUT2D eigenvalue weighted by atomic mass is 9.96. The fourth-order valence-electron chi connectivity index (χ4n) is 2.29. The summed E-state index contributed by atoms with van der Waals surface area (Å²) in [5, 5.41) is 9.76. The van der Waals surface area contributed by atoms with Gasteiger partial charge in [0, 0.05) is 21.3 Å². The van der Waals surface area contributed by atoms with Gasteiger partial charge in [-0.3, -0.25) is 0 Å². The van der Waals surface area contributed by atoms with E-state index in [1.807, 2.05) is 13.8 Å². The summed E-state index contributed by atoms with van der Waals surface area (Å²) >= 11 is 12.1. The van der Waals surface area contributed by atoms with Crippen molar-refractivity contribution in [2.24, 2.45) is 10.7 Å². The van der Waals surface area contributed by atoms with E-state index in [2.05, 4.69) is 11.9 Å². The third-order valence-corrected chi connectivity index (χ3v) is 3.40. The third kappa shape index (κ3) is 4.03. The zero-order valence-corrected chi connectivity index (χ0v) is 13.3. The van der Waals surface area contributed by atoms with Crippen molar-refractivity contribution in [2.45, 2.75) is 39.2 Å². The van der Waals surface area contributed by atoms with Crippen LogP contribution in [0.3, 0.4) is 0 Å². The molecule has 1 rings (SSSR count). The molecule has 0 unspecified atom stereocenters. The first-order chi connectivity index (χ1) is 9.31. The Morgan fingerprint density at radius 3 is 2.35 bits per heavy atom. The summed E-state index contributed by atoms with van der Waals surface area (Å²) in [6, 6.07) is 5.16. The maximum absolute atomic E-state index is 8.74. The van der Waals surface area contributed by atoms with Gasteiger partial charge in [0.05, 0.1) is 0 Å². The molecule has 1 aromatic carbocycles. The number of nitriles is 1. The average molecular weight is 313 g/mol. The molecule has 20 heavy (non-hydrogen) atoms. The topological polar surface area (TPSA) is 65.4 Å². The predicted octanol–water partition coefficient (Wildman–Crippen LogP) is 4.17. The number of aliphatic imine (C=N–C) groups is 1. The van der Waals surface area contributed by atoms with Gasteiger partial charge < -0.3 is 10.6 Å². The van der Waals surface area contributed by atoms with Crippen molar-refractivity contribution in [3.63, 3.8) is 0 Å². The van der Waals surface area contributed by atoms with Crippen molar-refractivity contribution >= 4 is 34.8 Å². The molecule has 0 saturated carbocycles. The Balaban J connectivity index is 3.38. The second kappa shape index (κ2) is 6.83. The monoisotopic (exact) mass is 312 g/mol. The van der Waals surface area contributed by atoms with Crippen molar-refractivity contribution in [2.75, 3.05) is 4.90 Å². The number of halogens is 2. The quantitative estimate of drug-likeness (QED) is 0.515. The minimum atomic E-state index is -0.312. The van der Waals surface area contributed by atoms with E-state index < -0.39 is 0 Å². The van der Waals surface area contributed by atoms with Crippen LogP contribution in [0, 0.1) is 11.5 Å². The molecule has 0 aliphatic heterocycles. The van der Waals surface area contributed by atoms with Crippen LogP contribution in [0.2, 0.25) is 10.0 Å². The largest absolute Gasteiger partial charge is 0.369 e. The van der Waals surface area contributed by atoms with Crippen molar-refractivity contribution in [3.8, 4) is 6.19 Å². The lowest BCUT2D eigenvalue weighted by Gasteiger charge is -2.39. The zero-order chi connectivity index (χ0) is 15.3. The van der Waals surface area contributed by atoms with Crippen LogP contribution in [-0.4, -0.2) is 11.5 Å². The van der Waals surface area contributed by atoms with Crippen LogP contribution in [0.5, 0.6) is 0 Å². The third-order valence-electron chi connectivity index (χ3n) is 2.97. The number of nitrogens with zero attached hydrogens (tertiary/aromatic N) is 3. The van der Waals surface area contributed by atoms with Crippen LogP contribution >= 0.6 is 23.2 Å². The Labute approximate surface area is 129 Å². The van der Waals surface area contributed by atoms with E-state index in [0.717, 1.165) is 18.5 Å². The molecule has 0 fully saturated rings. The molecule has 2 N–H and O–H groups in total. The number of benzene rings is 1. The molecule has 0 spiro atoms. The Morgan fingerprint density at radius 1 is 1.35 bits per heavy atom. The zero-order valence-electron chi connectivity index (χ0n) is 11.8. The van der Waals surface area contributed by atoms with Crippen molar-refractivity contribution in [3.05, 3.63) is 28.2 Å². The smallest absolute Gasteiger partial charge is 0.212 e. The summed E-state index contributed by atoms with van der Waals surface area (Å²) < 4.78 is 0. The molecule has 0 aliphatic carbocycles. The molecule has 1 aromatic rings. The molecule has 108 valence electrons. The average Bonchev–Trinajstić information content (AvgIpc) is 2.27.